The summed E-state index contributed by atoms with van der Waals surface area (Å²) in [6.07, 6.45) is 2.92. The number of nitrogens with one attached hydrogen (secondary N) is 2. The van der Waals surface area contributed by atoms with Gasteiger partial charge in [0.1, 0.15) is 11.5 Å². The fourth-order valence-corrected chi connectivity index (χ4v) is 2.67. The summed E-state index contributed by atoms with van der Waals surface area (Å²) >= 11 is 0. The first kappa shape index (κ1) is 16.1. The Bertz CT molecular complexity index is 773. The molecule has 1 aromatic heterocycles. The molecule has 0 spiro atoms. The quantitative estimate of drug-likeness (QED) is 0.906. The Hall–Kier alpha value is -2.76. The molecule has 6 nitrogen and oxygen atoms in total. The number of hydrogen-bond acceptors (Lipinski definition) is 4. The monoisotopic (exact) mass is 324 g/mol. The lowest BCUT2D eigenvalue weighted by Crippen LogP contribution is -2.19. The van der Waals surface area contributed by atoms with Gasteiger partial charge in [0.2, 0.25) is 5.91 Å². The first-order chi connectivity index (χ1) is 11.5. The second-order valence-corrected chi connectivity index (χ2v) is 6.19. The molecule has 24 heavy (non-hydrogen) atoms. The van der Waals surface area contributed by atoms with E-state index in [-0.39, 0.29) is 23.8 Å². The first-order valence-electron chi connectivity index (χ1n) is 8.06. The van der Waals surface area contributed by atoms with Gasteiger partial charge in [-0.3, -0.25) is 9.59 Å². The number of rotatable bonds is 4. The zero-order valence-corrected chi connectivity index (χ0v) is 13.7. The van der Waals surface area contributed by atoms with Gasteiger partial charge in [0, 0.05) is 24.2 Å². The lowest BCUT2D eigenvalue weighted by atomic mass is 10.0. The average molecular weight is 324 g/mol. The molecule has 1 fully saturated rings. The number of benzene rings is 1. The van der Waals surface area contributed by atoms with E-state index in [2.05, 4.69) is 20.6 Å². The maximum atomic E-state index is 12.4. The van der Waals surface area contributed by atoms with Crippen LogP contribution in [0.15, 0.2) is 36.5 Å². The van der Waals surface area contributed by atoms with E-state index < -0.39 is 0 Å². The third-order valence-electron chi connectivity index (χ3n) is 3.97. The van der Waals surface area contributed by atoms with Crippen LogP contribution in [0.3, 0.4) is 0 Å². The van der Waals surface area contributed by atoms with Crippen LogP contribution < -0.4 is 10.6 Å². The van der Waals surface area contributed by atoms with E-state index in [1.165, 1.54) is 0 Å². The van der Waals surface area contributed by atoms with Crippen LogP contribution in [-0.2, 0) is 4.79 Å². The van der Waals surface area contributed by atoms with Crippen LogP contribution in [0.5, 0.6) is 0 Å². The van der Waals surface area contributed by atoms with Crippen molar-refractivity contribution in [1.29, 1.82) is 0 Å². The number of amides is 2. The molecule has 0 saturated carbocycles. The average Bonchev–Trinajstić information content (AvgIpc) is 3.02. The maximum Gasteiger partial charge on any atom is 0.274 e. The van der Waals surface area contributed by atoms with E-state index in [4.69, 9.17) is 0 Å². The highest BCUT2D eigenvalue weighted by Gasteiger charge is 2.22. The van der Waals surface area contributed by atoms with Crippen molar-refractivity contribution in [2.75, 3.05) is 5.32 Å². The van der Waals surface area contributed by atoms with Crippen LogP contribution in [0.1, 0.15) is 60.5 Å². The first-order valence-corrected chi connectivity index (χ1v) is 8.06. The van der Waals surface area contributed by atoms with Gasteiger partial charge in [-0.1, -0.05) is 26.0 Å². The van der Waals surface area contributed by atoms with Crippen LogP contribution in [0.2, 0.25) is 0 Å². The van der Waals surface area contributed by atoms with E-state index >= 15 is 0 Å². The zero-order valence-electron chi connectivity index (χ0n) is 13.7. The van der Waals surface area contributed by atoms with Gasteiger partial charge in [-0.15, -0.1) is 0 Å². The van der Waals surface area contributed by atoms with Gasteiger partial charge in [-0.2, -0.15) is 0 Å². The molecule has 1 saturated heterocycles. The number of anilines is 1. The van der Waals surface area contributed by atoms with E-state index in [1.54, 1.807) is 12.3 Å². The zero-order chi connectivity index (χ0) is 17.1. The summed E-state index contributed by atoms with van der Waals surface area (Å²) in [4.78, 5) is 32.2. The molecule has 0 radical (unpaired) electrons. The molecule has 1 aliphatic heterocycles. The number of aromatic nitrogens is 2. The van der Waals surface area contributed by atoms with Crippen molar-refractivity contribution in [3.8, 4) is 0 Å². The number of nitrogens with zero attached hydrogens (tertiary/aromatic N) is 2. The summed E-state index contributed by atoms with van der Waals surface area (Å²) < 4.78 is 0. The molecule has 2 N–H and O–H groups in total. The van der Waals surface area contributed by atoms with Crippen LogP contribution in [-0.4, -0.2) is 21.8 Å². The molecule has 0 aliphatic carbocycles. The topological polar surface area (TPSA) is 84.0 Å². The molecule has 0 bridgehead atoms. The summed E-state index contributed by atoms with van der Waals surface area (Å²) in [5, 5.41) is 5.79. The third kappa shape index (κ3) is 3.59. The minimum absolute atomic E-state index is 0.0148. The molecule has 124 valence electrons. The highest BCUT2D eigenvalue weighted by molar-refractivity contribution is 6.02. The summed E-state index contributed by atoms with van der Waals surface area (Å²) in [5.41, 5.74) is 2.01. The second-order valence-electron chi connectivity index (χ2n) is 6.19. The lowest BCUT2D eigenvalue weighted by Gasteiger charge is -2.12. The molecule has 2 heterocycles. The van der Waals surface area contributed by atoms with E-state index in [0.717, 1.165) is 12.0 Å². The third-order valence-corrected chi connectivity index (χ3v) is 3.97. The van der Waals surface area contributed by atoms with Crippen molar-refractivity contribution in [2.45, 2.75) is 38.6 Å². The van der Waals surface area contributed by atoms with Crippen molar-refractivity contribution < 1.29 is 9.59 Å². The van der Waals surface area contributed by atoms with E-state index in [9.17, 15) is 9.59 Å². The molecule has 3 rings (SSSR count). The molecule has 1 aromatic carbocycles. The Kier molecular flexibility index (Phi) is 4.55. The standard InChI is InChI=1S/C18H20N4O2/c1-11(2)17-19-9-8-15(22-17)18(24)20-13-5-3-4-12(10-13)14-6-7-16(23)21-14/h3-5,8-11,14H,6-7H2,1-2H3,(H,20,24)(H,21,23). The van der Waals surface area contributed by atoms with Crippen LogP contribution in [0.25, 0.3) is 0 Å². The van der Waals surface area contributed by atoms with Crippen molar-refractivity contribution in [3.63, 3.8) is 0 Å². The van der Waals surface area contributed by atoms with E-state index in [1.807, 2.05) is 38.1 Å². The van der Waals surface area contributed by atoms with Crippen LogP contribution >= 0.6 is 0 Å². The predicted molar refractivity (Wildman–Crippen MR) is 90.6 cm³/mol. The minimum atomic E-state index is -0.271. The Balaban J connectivity index is 1.75. The number of carbonyl (C=O) groups is 2. The van der Waals surface area contributed by atoms with Gasteiger partial charge >= 0.3 is 0 Å². The molecule has 1 unspecified atom stereocenters. The van der Waals surface area contributed by atoms with Crippen LogP contribution in [0.4, 0.5) is 5.69 Å². The van der Waals surface area contributed by atoms with Gasteiger partial charge < -0.3 is 10.6 Å². The minimum Gasteiger partial charge on any atom is -0.349 e. The molecule has 6 heteroatoms. The van der Waals surface area contributed by atoms with Gasteiger partial charge in [-0.05, 0) is 30.2 Å². The van der Waals surface area contributed by atoms with Gasteiger partial charge in [0.15, 0.2) is 0 Å². The van der Waals surface area contributed by atoms with Crippen molar-refractivity contribution in [3.05, 3.63) is 53.6 Å². The molecule has 2 amide bonds. The van der Waals surface area contributed by atoms with Gasteiger partial charge in [-0.25, -0.2) is 9.97 Å². The lowest BCUT2D eigenvalue weighted by molar-refractivity contribution is -0.119. The van der Waals surface area contributed by atoms with Gasteiger partial charge in [0.05, 0.1) is 6.04 Å². The van der Waals surface area contributed by atoms with Crippen molar-refractivity contribution in [2.24, 2.45) is 0 Å². The summed E-state index contributed by atoms with van der Waals surface area (Å²) in [6, 6.07) is 9.15. The molecule has 2 aromatic rings. The molecular weight excluding hydrogens is 304 g/mol. The summed E-state index contributed by atoms with van der Waals surface area (Å²) in [6.45, 7) is 3.97. The molecule has 1 atom stereocenters. The SMILES string of the molecule is CC(C)c1nccc(C(=O)Nc2cccc(C3CCC(=O)N3)c2)n1. The van der Waals surface area contributed by atoms with E-state index in [0.29, 0.717) is 23.6 Å². The normalized spacial score (nSPS) is 17.0. The Labute approximate surface area is 140 Å². The Morgan fingerprint density at radius 1 is 1.33 bits per heavy atom. The largest absolute Gasteiger partial charge is 0.349 e. The highest BCUT2D eigenvalue weighted by Crippen LogP contribution is 2.25. The predicted octanol–water partition coefficient (Wildman–Crippen LogP) is 2.80. The maximum absolute atomic E-state index is 12.4. The van der Waals surface area contributed by atoms with Crippen molar-refractivity contribution >= 4 is 17.5 Å². The van der Waals surface area contributed by atoms with Crippen LogP contribution in [0, 0.1) is 0 Å². The Morgan fingerprint density at radius 2 is 2.17 bits per heavy atom. The Morgan fingerprint density at radius 3 is 2.88 bits per heavy atom. The highest BCUT2D eigenvalue weighted by atomic mass is 16.2. The fourth-order valence-electron chi connectivity index (χ4n) is 2.67. The summed E-state index contributed by atoms with van der Waals surface area (Å²) in [5.74, 6) is 0.598. The van der Waals surface area contributed by atoms with Gasteiger partial charge in [0.25, 0.3) is 5.91 Å². The smallest absolute Gasteiger partial charge is 0.274 e. The molecule has 1 aliphatic rings. The molecular formula is C18H20N4O2. The summed E-state index contributed by atoms with van der Waals surface area (Å²) in [7, 11) is 0. The number of carbonyl (C=O) groups excluding carboxylic acids is 2. The second kappa shape index (κ2) is 6.78. The number of hydrogen-bond donors (Lipinski definition) is 2. The fraction of sp³-hybridized carbons (Fsp3) is 0.333. The van der Waals surface area contributed by atoms with Crippen molar-refractivity contribution in [1.82, 2.24) is 15.3 Å².